The molecule has 2 aromatic carbocycles. The standard InChI is InChI=1S/C19H21F2NO2/c1-4-24-17(23)10-16(22)14-8-13(9-15(20)19(14)21)18-11(2)6-5-7-12(18)3/h5-9,16H,4,10,22H2,1-3H3. The lowest BCUT2D eigenvalue weighted by Gasteiger charge is -2.16. The van der Waals surface area contributed by atoms with Gasteiger partial charge in [0.1, 0.15) is 0 Å². The number of benzene rings is 2. The smallest absolute Gasteiger partial charge is 0.307 e. The van der Waals surface area contributed by atoms with E-state index in [1.165, 1.54) is 6.07 Å². The quantitative estimate of drug-likeness (QED) is 0.834. The first-order valence-electron chi connectivity index (χ1n) is 7.81. The molecule has 1 unspecified atom stereocenters. The molecule has 2 N–H and O–H groups in total. The van der Waals surface area contributed by atoms with Crippen LogP contribution in [-0.4, -0.2) is 12.6 Å². The highest BCUT2D eigenvalue weighted by atomic mass is 19.2. The first-order valence-corrected chi connectivity index (χ1v) is 7.81. The summed E-state index contributed by atoms with van der Waals surface area (Å²) >= 11 is 0. The molecule has 2 aromatic rings. The van der Waals surface area contributed by atoms with Crippen molar-refractivity contribution >= 4 is 5.97 Å². The Labute approximate surface area is 140 Å². The minimum Gasteiger partial charge on any atom is -0.466 e. The van der Waals surface area contributed by atoms with Crippen LogP contribution < -0.4 is 5.73 Å². The fraction of sp³-hybridized carbons (Fsp3) is 0.316. The molecular weight excluding hydrogens is 312 g/mol. The van der Waals surface area contributed by atoms with Crippen molar-refractivity contribution in [1.82, 2.24) is 0 Å². The first kappa shape index (κ1) is 18.1. The van der Waals surface area contributed by atoms with Gasteiger partial charge in [0.15, 0.2) is 11.6 Å². The molecule has 0 heterocycles. The number of ether oxygens (including phenoxy) is 1. The van der Waals surface area contributed by atoms with E-state index in [4.69, 9.17) is 10.5 Å². The Kier molecular flexibility index (Phi) is 5.67. The molecule has 3 nitrogen and oxygen atoms in total. The lowest BCUT2D eigenvalue weighted by molar-refractivity contribution is -0.143. The van der Waals surface area contributed by atoms with E-state index < -0.39 is 23.6 Å². The molecule has 0 aliphatic heterocycles. The summed E-state index contributed by atoms with van der Waals surface area (Å²) in [7, 11) is 0. The Bertz CT molecular complexity index is 739. The predicted molar refractivity (Wildman–Crippen MR) is 89.4 cm³/mol. The van der Waals surface area contributed by atoms with Crippen molar-refractivity contribution in [2.24, 2.45) is 5.73 Å². The van der Waals surface area contributed by atoms with Crippen molar-refractivity contribution in [1.29, 1.82) is 0 Å². The van der Waals surface area contributed by atoms with Gasteiger partial charge in [-0.3, -0.25) is 4.79 Å². The van der Waals surface area contributed by atoms with Crippen LogP contribution in [0.3, 0.4) is 0 Å². The third kappa shape index (κ3) is 3.79. The predicted octanol–water partition coefficient (Wildman–Crippen LogP) is 4.20. The van der Waals surface area contributed by atoms with Crippen molar-refractivity contribution in [2.75, 3.05) is 6.61 Å². The van der Waals surface area contributed by atoms with Gasteiger partial charge in [-0.1, -0.05) is 18.2 Å². The maximum Gasteiger partial charge on any atom is 0.307 e. The number of nitrogens with two attached hydrogens (primary N) is 1. The maximum atomic E-state index is 14.2. The largest absolute Gasteiger partial charge is 0.466 e. The minimum absolute atomic E-state index is 0.0271. The molecule has 24 heavy (non-hydrogen) atoms. The number of carbonyl (C=O) groups is 1. The van der Waals surface area contributed by atoms with Crippen LogP contribution in [0.1, 0.15) is 36.1 Å². The average molecular weight is 333 g/mol. The summed E-state index contributed by atoms with van der Waals surface area (Å²) in [5, 5.41) is 0. The number of hydrogen-bond donors (Lipinski definition) is 1. The molecule has 0 aliphatic rings. The van der Waals surface area contributed by atoms with Crippen LogP contribution in [0.15, 0.2) is 30.3 Å². The Morgan fingerprint density at radius 3 is 2.42 bits per heavy atom. The summed E-state index contributed by atoms with van der Waals surface area (Å²) in [5.41, 5.74) is 9.16. The van der Waals surface area contributed by atoms with E-state index in [-0.39, 0.29) is 18.6 Å². The maximum absolute atomic E-state index is 14.2. The van der Waals surface area contributed by atoms with Crippen LogP contribution >= 0.6 is 0 Å². The van der Waals surface area contributed by atoms with E-state index in [0.29, 0.717) is 5.56 Å². The van der Waals surface area contributed by atoms with Gasteiger partial charge in [-0.2, -0.15) is 0 Å². The molecule has 0 aromatic heterocycles. The van der Waals surface area contributed by atoms with Gasteiger partial charge in [0.25, 0.3) is 0 Å². The van der Waals surface area contributed by atoms with E-state index >= 15 is 0 Å². The van der Waals surface area contributed by atoms with Crippen molar-refractivity contribution in [3.05, 3.63) is 58.7 Å². The summed E-state index contributed by atoms with van der Waals surface area (Å²) in [4.78, 5) is 11.6. The second kappa shape index (κ2) is 7.53. The summed E-state index contributed by atoms with van der Waals surface area (Å²) in [6, 6.07) is 7.41. The SMILES string of the molecule is CCOC(=O)CC(N)c1cc(-c2c(C)cccc2C)cc(F)c1F. The fourth-order valence-electron chi connectivity index (χ4n) is 2.80. The van der Waals surface area contributed by atoms with Gasteiger partial charge in [-0.15, -0.1) is 0 Å². The highest BCUT2D eigenvalue weighted by Crippen LogP contribution is 2.32. The fourth-order valence-corrected chi connectivity index (χ4v) is 2.80. The Balaban J connectivity index is 2.47. The normalized spacial score (nSPS) is 12.1. The van der Waals surface area contributed by atoms with Crippen LogP contribution in [-0.2, 0) is 9.53 Å². The van der Waals surface area contributed by atoms with E-state index in [1.54, 1.807) is 6.92 Å². The summed E-state index contributed by atoms with van der Waals surface area (Å²) < 4.78 is 33.1. The Hall–Kier alpha value is -2.27. The van der Waals surface area contributed by atoms with E-state index in [0.717, 1.165) is 22.8 Å². The zero-order valence-corrected chi connectivity index (χ0v) is 14.0. The van der Waals surface area contributed by atoms with Crippen molar-refractivity contribution in [3.8, 4) is 11.1 Å². The van der Waals surface area contributed by atoms with Gasteiger partial charge < -0.3 is 10.5 Å². The van der Waals surface area contributed by atoms with Gasteiger partial charge >= 0.3 is 5.97 Å². The van der Waals surface area contributed by atoms with Crippen LogP contribution in [0.4, 0.5) is 8.78 Å². The second-order valence-electron chi connectivity index (χ2n) is 5.74. The molecule has 128 valence electrons. The molecule has 0 aliphatic carbocycles. The number of esters is 1. The molecule has 0 spiro atoms. The molecular formula is C19H21F2NO2. The highest BCUT2D eigenvalue weighted by Gasteiger charge is 2.21. The molecule has 0 amide bonds. The monoisotopic (exact) mass is 333 g/mol. The molecule has 2 rings (SSSR count). The number of aryl methyl sites for hydroxylation is 2. The molecule has 5 heteroatoms. The van der Waals surface area contributed by atoms with Crippen LogP contribution in [0.2, 0.25) is 0 Å². The number of halogens is 2. The molecule has 0 radical (unpaired) electrons. The second-order valence-corrected chi connectivity index (χ2v) is 5.74. The first-order chi connectivity index (χ1) is 11.3. The molecule has 0 saturated carbocycles. The summed E-state index contributed by atoms with van der Waals surface area (Å²) in [6.45, 7) is 5.69. The van der Waals surface area contributed by atoms with Gasteiger partial charge in [0.2, 0.25) is 0 Å². The molecule has 0 fully saturated rings. The highest BCUT2D eigenvalue weighted by molar-refractivity contribution is 5.73. The van der Waals surface area contributed by atoms with Gasteiger partial charge in [-0.25, -0.2) is 8.78 Å². The number of carbonyl (C=O) groups excluding carboxylic acids is 1. The van der Waals surface area contributed by atoms with Crippen LogP contribution in [0.5, 0.6) is 0 Å². The van der Waals surface area contributed by atoms with E-state index in [1.807, 2.05) is 32.0 Å². The van der Waals surface area contributed by atoms with Gasteiger partial charge in [0.05, 0.1) is 13.0 Å². The van der Waals surface area contributed by atoms with Crippen LogP contribution in [0, 0.1) is 25.5 Å². The lowest BCUT2D eigenvalue weighted by atomic mass is 9.92. The molecule has 1 atom stereocenters. The molecule has 0 bridgehead atoms. The van der Waals surface area contributed by atoms with E-state index in [9.17, 15) is 13.6 Å². The van der Waals surface area contributed by atoms with Gasteiger partial charge in [0, 0.05) is 11.6 Å². The number of rotatable bonds is 5. The average Bonchev–Trinajstić information content (AvgIpc) is 2.50. The van der Waals surface area contributed by atoms with Crippen molar-refractivity contribution in [3.63, 3.8) is 0 Å². The van der Waals surface area contributed by atoms with Gasteiger partial charge in [-0.05, 0) is 55.2 Å². The Morgan fingerprint density at radius 2 is 1.83 bits per heavy atom. The zero-order valence-electron chi connectivity index (χ0n) is 14.0. The topological polar surface area (TPSA) is 52.3 Å². The number of hydrogen-bond acceptors (Lipinski definition) is 3. The summed E-state index contributed by atoms with van der Waals surface area (Å²) in [6.07, 6.45) is -0.208. The lowest BCUT2D eigenvalue weighted by Crippen LogP contribution is -2.19. The van der Waals surface area contributed by atoms with Crippen molar-refractivity contribution in [2.45, 2.75) is 33.2 Å². The van der Waals surface area contributed by atoms with Crippen molar-refractivity contribution < 1.29 is 18.3 Å². The third-order valence-electron chi connectivity index (χ3n) is 3.92. The minimum atomic E-state index is -1.03. The third-order valence-corrected chi connectivity index (χ3v) is 3.92. The van der Waals surface area contributed by atoms with Crippen LogP contribution in [0.25, 0.3) is 11.1 Å². The molecule has 0 saturated heterocycles. The summed E-state index contributed by atoms with van der Waals surface area (Å²) in [5.74, 6) is -2.55. The zero-order chi connectivity index (χ0) is 17.9. The Morgan fingerprint density at radius 1 is 1.21 bits per heavy atom. The van der Waals surface area contributed by atoms with E-state index in [2.05, 4.69) is 0 Å².